The lowest BCUT2D eigenvalue weighted by Gasteiger charge is -2.25. The quantitative estimate of drug-likeness (QED) is 0.199. The number of rotatable bonds is 14. The van der Waals surface area contributed by atoms with E-state index in [4.69, 9.17) is 23.7 Å². The molecule has 35 heavy (non-hydrogen) atoms. The van der Waals surface area contributed by atoms with Crippen LogP contribution in [0.5, 0.6) is 0 Å². The zero-order valence-electron chi connectivity index (χ0n) is 19.6. The fourth-order valence-electron chi connectivity index (χ4n) is 3.30. The molecule has 0 amide bonds. The fraction of sp³-hybridized carbons (Fsp3) is 0.200. The van der Waals surface area contributed by atoms with Gasteiger partial charge in [-0.15, -0.1) is 0 Å². The van der Waals surface area contributed by atoms with E-state index in [1.54, 1.807) is 0 Å². The second-order valence-corrected chi connectivity index (χ2v) is 7.90. The maximum absolute atomic E-state index is 6.05. The van der Waals surface area contributed by atoms with Gasteiger partial charge in [0.15, 0.2) is 0 Å². The van der Waals surface area contributed by atoms with Gasteiger partial charge in [-0.1, -0.05) is 121 Å². The van der Waals surface area contributed by atoms with Gasteiger partial charge in [0.1, 0.15) is 0 Å². The van der Waals surface area contributed by atoms with E-state index in [2.05, 4.69) is 0 Å². The van der Waals surface area contributed by atoms with E-state index in [0.717, 1.165) is 22.3 Å². The highest BCUT2D eigenvalue weighted by atomic mass is 16.9. The summed E-state index contributed by atoms with van der Waals surface area (Å²) in [7, 11) is 0. The SMILES string of the molecule is c1ccc(COC(OCc2ccccc2)OC(OCc2ccccc2)OCc2ccccc2)cc1. The van der Waals surface area contributed by atoms with Crippen LogP contribution >= 0.6 is 0 Å². The molecule has 0 unspecified atom stereocenters. The molecule has 0 heterocycles. The highest BCUT2D eigenvalue weighted by Crippen LogP contribution is 2.15. The fourth-order valence-corrected chi connectivity index (χ4v) is 3.30. The van der Waals surface area contributed by atoms with E-state index in [-0.39, 0.29) is 0 Å². The number of benzene rings is 4. The Morgan fingerprint density at radius 3 is 0.800 bits per heavy atom. The summed E-state index contributed by atoms with van der Waals surface area (Å²) in [5, 5.41) is 0. The molecule has 5 heteroatoms. The third kappa shape index (κ3) is 9.09. The second-order valence-electron chi connectivity index (χ2n) is 7.90. The largest absolute Gasteiger partial charge is 0.325 e. The summed E-state index contributed by atoms with van der Waals surface area (Å²) in [6.07, 6.45) is 0. The Morgan fingerprint density at radius 1 is 0.343 bits per heavy atom. The molecule has 0 aliphatic carbocycles. The molecule has 0 aliphatic rings. The molecule has 0 N–H and O–H groups in total. The molecule has 5 nitrogen and oxygen atoms in total. The van der Waals surface area contributed by atoms with E-state index in [1.807, 2.05) is 121 Å². The highest BCUT2D eigenvalue weighted by Gasteiger charge is 2.20. The summed E-state index contributed by atoms with van der Waals surface area (Å²) in [6, 6.07) is 39.5. The molecule has 4 aromatic rings. The molecule has 180 valence electrons. The van der Waals surface area contributed by atoms with Gasteiger partial charge in [0.05, 0.1) is 26.4 Å². The van der Waals surface area contributed by atoms with Crippen molar-refractivity contribution in [3.63, 3.8) is 0 Å². The molecule has 0 atom stereocenters. The van der Waals surface area contributed by atoms with Gasteiger partial charge in [0.25, 0.3) is 13.0 Å². The third-order valence-corrected chi connectivity index (χ3v) is 5.14. The molecule has 0 aromatic heterocycles. The normalized spacial score (nSPS) is 11.3. The van der Waals surface area contributed by atoms with Crippen LogP contribution in [-0.4, -0.2) is 13.0 Å². The Morgan fingerprint density at radius 2 is 0.571 bits per heavy atom. The van der Waals surface area contributed by atoms with E-state index in [9.17, 15) is 0 Å². The van der Waals surface area contributed by atoms with Crippen LogP contribution in [0.1, 0.15) is 22.3 Å². The van der Waals surface area contributed by atoms with E-state index >= 15 is 0 Å². The van der Waals surface area contributed by atoms with Gasteiger partial charge in [-0.3, -0.25) is 4.74 Å². The van der Waals surface area contributed by atoms with Gasteiger partial charge in [0.2, 0.25) is 0 Å². The van der Waals surface area contributed by atoms with Crippen molar-refractivity contribution in [3.05, 3.63) is 144 Å². The Hall–Kier alpha value is -3.32. The average Bonchev–Trinajstić information content (AvgIpc) is 2.93. The van der Waals surface area contributed by atoms with Crippen LogP contribution < -0.4 is 0 Å². The maximum atomic E-state index is 6.05. The summed E-state index contributed by atoms with van der Waals surface area (Å²) in [5.74, 6) is 0. The molecular formula is C30H30O5. The highest BCUT2D eigenvalue weighted by molar-refractivity contribution is 5.15. The molecule has 0 radical (unpaired) electrons. The Kier molecular flexibility index (Phi) is 10.0. The summed E-state index contributed by atoms with van der Waals surface area (Å²) < 4.78 is 30.0. The third-order valence-electron chi connectivity index (χ3n) is 5.14. The molecule has 4 aromatic carbocycles. The topological polar surface area (TPSA) is 46.2 Å². The summed E-state index contributed by atoms with van der Waals surface area (Å²) >= 11 is 0. The lowest BCUT2D eigenvalue weighted by Crippen LogP contribution is -2.31. The standard InChI is InChI=1S/C30H30O5/c1-5-13-25(14-6-1)21-31-29(32-22-26-15-7-2-8-16-26)35-30(33-23-27-17-9-3-10-18-27)34-24-28-19-11-4-12-20-28/h1-20,29-30H,21-24H2. The Labute approximate surface area is 206 Å². The summed E-state index contributed by atoms with van der Waals surface area (Å²) in [4.78, 5) is 0. The number of hydrogen-bond donors (Lipinski definition) is 0. The molecule has 0 bridgehead atoms. The van der Waals surface area contributed by atoms with Crippen molar-refractivity contribution >= 4 is 0 Å². The number of ether oxygens (including phenoxy) is 5. The van der Waals surface area contributed by atoms with Gasteiger partial charge in [-0.25, -0.2) is 0 Å². The predicted octanol–water partition coefficient (Wildman–Crippen LogP) is 6.44. The molecule has 0 aliphatic heterocycles. The van der Waals surface area contributed by atoms with Gasteiger partial charge in [0, 0.05) is 0 Å². The molecule has 0 saturated carbocycles. The van der Waals surface area contributed by atoms with Crippen molar-refractivity contribution < 1.29 is 23.7 Å². The monoisotopic (exact) mass is 470 g/mol. The van der Waals surface area contributed by atoms with Crippen molar-refractivity contribution in [3.8, 4) is 0 Å². The predicted molar refractivity (Wildman–Crippen MR) is 134 cm³/mol. The van der Waals surface area contributed by atoms with Crippen molar-refractivity contribution in [1.29, 1.82) is 0 Å². The smallest absolute Gasteiger partial charge is 0.276 e. The molecule has 0 saturated heterocycles. The minimum Gasteiger partial charge on any atom is -0.325 e. The van der Waals surface area contributed by atoms with Crippen molar-refractivity contribution in [2.75, 3.05) is 0 Å². The van der Waals surface area contributed by atoms with Gasteiger partial charge >= 0.3 is 0 Å². The van der Waals surface area contributed by atoms with Gasteiger partial charge in [-0.2, -0.15) is 0 Å². The lowest BCUT2D eigenvalue weighted by atomic mass is 10.2. The Balaban J connectivity index is 1.42. The zero-order valence-corrected chi connectivity index (χ0v) is 19.6. The minimum atomic E-state index is -0.994. The minimum absolute atomic E-state index is 0.324. The Bertz CT molecular complexity index is 899. The van der Waals surface area contributed by atoms with Crippen molar-refractivity contribution in [2.45, 2.75) is 39.4 Å². The average molecular weight is 471 g/mol. The first-order valence-electron chi connectivity index (χ1n) is 11.6. The molecule has 0 fully saturated rings. The number of hydrogen-bond acceptors (Lipinski definition) is 5. The van der Waals surface area contributed by atoms with Crippen LogP contribution in [0.15, 0.2) is 121 Å². The van der Waals surface area contributed by atoms with Crippen LogP contribution in [0, 0.1) is 0 Å². The van der Waals surface area contributed by atoms with Crippen LogP contribution in [0.3, 0.4) is 0 Å². The van der Waals surface area contributed by atoms with Crippen molar-refractivity contribution in [1.82, 2.24) is 0 Å². The van der Waals surface area contributed by atoms with Gasteiger partial charge < -0.3 is 18.9 Å². The molecule has 0 spiro atoms. The second kappa shape index (κ2) is 14.2. The lowest BCUT2D eigenvalue weighted by molar-refractivity contribution is -0.407. The summed E-state index contributed by atoms with van der Waals surface area (Å²) in [5.41, 5.74) is 4.04. The van der Waals surface area contributed by atoms with Crippen molar-refractivity contribution in [2.24, 2.45) is 0 Å². The maximum Gasteiger partial charge on any atom is 0.276 e. The van der Waals surface area contributed by atoms with Crippen LogP contribution in [0.4, 0.5) is 0 Å². The first-order chi connectivity index (χ1) is 17.3. The van der Waals surface area contributed by atoms with Crippen LogP contribution in [0.2, 0.25) is 0 Å². The molecule has 4 rings (SSSR count). The van der Waals surface area contributed by atoms with E-state index < -0.39 is 13.0 Å². The van der Waals surface area contributed by atoms with E-state index in [1.165, 1.54) is 0 Å². The van der Waals surface area contributed by atoms with Gasteiger partial charge in [-0.05, 0) is 22.3 Å². The zero-order chi connectivity index (χ0) is 24.0. The summed E-state index contributed by atoms with van der Waals surface area (Å²) in [6.45, 7) is -0.692. The van der Waals surface area contributed by atoms with E-state index in [0.29, 0.717) is 26.4 Å². The first-order valence-corrected chi connectivity index (χ1v) is 11.6. The van der Waals surface area contributed by atoms with Crippen LogP contribution in [-0.2, 0) is 50.1 Å². The van der Waals surface area contributed by atoms with Crippen LogP contribution in [0.25, 0.3) is 0 Å². The molecular weight excluding hydrogens is 440 g/mol. The first kappa shape index (κ1) is 24.8.